The highest BCUT2D eigenvalue weighted by molar-refractivity contribution is 7.91. The molecule has 4 heteroatoms. The standard InChI is InChI=1S/C10H13O3S/c1-3-8-14(11,12)10-6-4-9(13-2)5-7-10/h4-7H,1,3,8H2,2H3. The van der Waals surface area contributed by atoms with E-state index in [2.05, 4.69) is 6.92 Å². The first kappa shape index (κ1) is 11.0. The van der Waals surface area contributed by atoms with Gasteiger partial charge >= 0.3 is 0 Å². The SMILES string of the molecule is [CH2]CCS(=O)(=O)c1ccc(OC)cc1. The molecule has 1 rings (SSSR count). The van der Waals surface area contributed by atoms with Crippen LogP contribution in [-0.4, -0.2) is 21.3 Å². The second-order valence-electron chi connectivity index (χ2n) is 2.85. The van der Waals surface area contributed by atoms with E-state index in [-0.39, 0.29) is 5.75 Å². The molecule has 0 amide bonds. The molecule has 14 heavy (non-hydrogen) atoms. The van der Waals surface area contributed by atoms with Crippen LogP contribution in [0, 0.1) is 6.92 Å². The number of benzene rings is 1. The Bertz CT molecular complexity index is 378. The van der Waals surface area contributed by atoms with Gasteiger partial charge in [-0.05, 0) is 30.7 Å². The van der Waals surface area contributed by atoms with Crippen LogP contribution in [0.4, 0.5) is 0 Å². The van der Waals surface area contributed by atoms with Crippen molar-refractivity contribution in [1.82, 2.24) is 0 Å². The molecule has 0 aliphatic carbocycles. The van der Waals surface area contributed by atoms with Crippen molar-refractivity contribution in [1.29, 1.82) is 0 Å². The van der Waals surface area contributed by atoms with Crippen molar-refractivity contribution < 1.29 is 13.2 Å². The lowest BCUT2D eigenvalue weighted by molar-refractivity contribution is 0.414. The van der Waals surface area contributed by atoms with Crippen molar-refractivity contribution in [2.45, 2.75) is 11.3 Å². The van der Waals surface area contributed by atoms with E-state index >= 15 is 0 Å². The zero-order valence-electron chi connectivity index (χ0n) is 8.06. The summed E-state index contributed by atoms with van der Waals surface area (Å²) in [5.41, 5.74) is 0. The van der Waals surface area contributed by atoms with E-state index in [1.165, 1.54) is 0 Å². The Labute approximate surface area is 84.6 Å². The number of sulfone groups is 1. The zero-order chi connectivity index (χ0) is 10.6. The molecule has 0 bridgehead atoms. The first-order valence-corrected chi connectivity index (χ1v) is 5.91. The lowest BCUT2D eigenvalue weighted by Crippen LogP contribution is -2.05. The number of rotatable bonds is 4. The van der Waals surface area contributed by atoms with Gasteiger partial charge in [-0.2, -0.15) is 0 Å². The third-order valence-electron chi connectivity index (χ3n) is 1.83. The fourth-order valence-electron chi connectivity index (χ4n) is 1.09. The van der Waals surface area contributed by atoms with Crippen LogP contribution in [0.15, 0.2) is 29.2 Å². The molecule has 0 atom stereocenters. The first-order chi connectivity index (χ1) is 6.60. The first-order valence-electron chi connectivity index (χ1n) is 4.26. The maximum absolute atomic E-state index is 11.6. The quantitative estimate of drug-likeness (QED) is 0.764. The molecule has 0 heterocycles. The van der Waals surface area contributed by atoms with Crippen LogP contribution in [0.2, 0.25) is 0 Å². The highest BCUT2D eigenvalue weighted by Gasteiger charge is 2.12. The van der Waals surface area contributed by atoms with Crippen LogP contribution >= 0.6 is 0 Å². The minimum Gasteiger partial charge on any atom is -0.497 e. The van der Waals surface area contributed by atoms with E-state index in [9.17, 15) is 8.42 Å². The second kappa shape index (κ2) is 4.46. The smallest absolute Gasteiger partial charge is 0.178 e. The molecule has 0 aromatic heterocycles. The Morgan fingerprint density at radius 3 is 2.29 bits per heavy atom. The van der Waals surface area contributed by atoms with E-state index < -0.39 is 9.84 Å². The summed E-state index contributed by atoms with van der Waals surface area (Å²) in [6.07, 6.45) is 0.383. The van der Waals surface area contributed by atoms with Crippen molar-refractivity contribution in [3.8, 4) is 5.75 Å². The van der Waals surface area contributed by atoms with Gasteiger partial charge in [0.05, 0.1) is 17.8 Å². The van der Waals surface area contributed by atoms with Gasteiger partial charge in [-0.1, -0.05) is 6.92 Å². The Morgan fingerprint density at radius 1 is 1.29 bits per heavy atom. The van der Waals surface area contributed by atoms with Gasteiger partial charge in [0.15, 0.2) is 9.84 Å². The summed E-state index contributed by atoms with van der Waals surface area (Å²) in [4.78, 5) is 0.321. The predicted molar refractivity (Wildman–Crippen MR) is 55.0 cm³/mol. The molecular formula is C10H13O3S. The van der Waals surface area contributed by atoms with Gasteiger partial charge in [0.2, 0.25) is 0 Å². The molecule has 0 saturated heterocycles. The van der Waals surface area contributed by atoms with E-state index in [0.29, 0.717) is 17.1 Å². The molecule has 0 fully saturated rings. The lowest BCUT2D eigenvalue weighted by atomic mass is 10.3. The summed E-state index contributed by atoms with van der Waals surface area (Å²) in [5.74, 6) is 0.734. The summed E-state index contributed by atoms with van der Waals surface area (Å²) in [6.45, 7) is 3.53. The van der Waals surface area contributed by atoms with Gasteiger partial charge in [-0.25, -0.2) is 8.42 Å². The number of hydrogen-bond acceptors (Lipinski definition) is 3. The van der Waals surface area contributed by atoms with Crippen molar-refractivity contribution in [2.24, 2.45) is 0 Å². The Morgan fingerprint density at radius 2 is 1.86 bits per heavy atom. The van der Waals surface area contributed by atoms with Gasteiger partial charge < -0.3 is 4.74 Å². The van der Waals surface area contributed by atoms with Gasteiger partial charge in [0.1, 0.15) is 5.75 Å². The molecule has 3 nitrogen and oxygen atoms in total. The maximum atomic E-state index is 11.6. The van der Waals surface area contributed by atoms with Crippen LogP contribution in [0.3, 0.4) is 0 Å². The van der Waals surface area contributed by atoms with Crippen molar-refractivity contribution >= 4 is 9.84 Å². The Kier molecular flexibility index (Phi) is 3.52. The lowest BCUT2D eigenvalue weighted by Gasteiger charge is -2.03. The monoisotopic (exact) mass is 213 g/mol. The van der Waals surface area contributed by atoms with Crippen LogP contribution in [0.5, 0.6) is 5.75 Å². The Balaban J connectivity index is 2.97. The third kappa shape index (κ3) is 2.48. The highest BCUT2D eigenvalue weighted by Crippen LogP contribution is 2.16. The van der Waals surface area contributed by atoms with Gasteiger partial charge in [-0.3, -0.25) is 0 Å². The topological polar surface area (TPSA) is 43.4 Å². The zero-order valence-corrected chi connectivity index (χ0v) is 8.88. The van der Waals surface area contributed by atoms with E-state index in [1.807, 2.05) is 0 Å². The fourth-order valence-corrected chi connectivity index (χ4v) is 2.26. The fraction of sp³-hybridized carbons (Fsp3) is 0.300. The van der Waals surface area contributed by atoms with E-state index in [0.717, 1.165) is 0 Å². The normalized spacial score (nSPS) is 11.3. The van der Waals surface area contributed by atoms with Gasteiger partial charge in [0, 0.05) is 0 Å². The number of ether oxygens (including phenoxy) is 1. The molecule has 1 aromatic carbocycles. The minimum atomic E-state index is -3.15. The molecule has 0 unspecified atom stereocenters. The molecule has 0 saturated carbocycles. The highest BCUT2D eigenvalue weighted by atomic mass is 32.2. The number of hydrogen-bond donors (Lipinski definition) is 0. The molecule has 0 N–H and O–H groups in total. The maximum Gasteiger partial charge on any atom is 0.178 e. The van der Waals surface area contributed by atoms with Crippen LogP contribution in [0.1, 0.15) is 6.42 Å². The molecule has 77 valence electrons. The van der Waals surface area contributed by atoms with E-state index in [1.54, 1.807) is 31.4 Å². The second-order valence-corrected chi connectivity index (χ2v) is 4.96. The minimum absolute atomic E-state index is 0.0827. The molecule has 0 aliphatic rings. The van der Waals surface area contributed by atoms with Crippen molar-refractivity contribution in [3.63, 3.8) is 0 Å². The predicted octanol–water partition coefficient (Wildman–Crippen LogP) is 1.69. The summed E-state index contributed by atoms with van der Waals surface area (Å²) in [6, 6.07) is 6.36. The largest absolute Gasteiger partial charge is 0.497 e. The summed E-state index contributed by atoms with van der Waals surface area (Å²) in [7, 11) is -1.61. The van der Waals surface area contributed by atoms with Crippen molar-refractivity contribution in [3.05, 3.63) is 31.2 Å². The van der Waals surface area contributed by atoms with E-state index in [4.69, 9.17) is 4.74 Å². The molecular weight excluding hydrogens is 200 g/mol. The van der Waals surface area contributed by atoms with Gasteiger partial charge in [0.25, 0.3) is 0 Å². The van der Waals surface area contributed by atoms with Crippen LogP contribution in [0.25, 0.3) is 0 Å². The number of methoxy groups -OCH3 is 1. The molecule has 0 spiro atoms. The van der Waals surface area contributed by atoms with Gasteiger partial charge in [-0.15, -0.1) is 0 Å². The summed E-state index contributed by atoms with van der Waals surface area (Å²) < 4.78 is 28.0. The summed E-state index contributed by atoms with van der Waals surface area (Å²) in [5, 5.41) is 0. The van der Waals surface area contributed by atoms with Crippen LogP contribution in [-0.2, 0) is 9.84 Å². The average Bonchev–Trinajstić information content (AvgIpc) is 2.18. The third-order valence-corrected chi connectivity index (χ3v) is 3.65. The van der Waals surface area contributed by atoms with Crippen LogP contribution < -0.4 is 4.74 Å². The molecule has 1 radical (unpaired) electrons. The van der Waals surface area contributed by atoms with Crippen molar-refractivity contribution in [2.75, 3.05) is 12.9 Å². The molecule has 0 aliphatic heterocycles. The summed E-state index contributed by atoms with van der Waals surface area (Å²) >= 11 is 0. The Hall–Kier alpha value is -1.03. The molecule has 1 aromatic rings. The average molecular weight is 213 g/mol.